The molecule has 200 valence electrons. The van der Waals surface area contributed by atoms with Crippen LogP contribution in [-0.4, -0.2) is 88.6 Å². The molecule has 10 heteroatoms. The quantitative estimate of drug-likeness (QED) is 0.555. The van der Waals surface area contributed by atoms with Crippen molar-refractivity contribution in [2.75, 3.05) is 32.8 Å². The van der Waals surface area contributed by atoms with Gasteiger partial charge >= 0.3 is 6.09 Å². The SMILES string of the molecule is CCOC(=O)N(CC(=O)N1CCC[C@H]1C#N)C12CC3CC(CC(NCC(=O)N4CCC[C@H]4C#N)(C3)C1)C2. The molecule has 0 aromatic rings. The van der Waals surface area contributed by atoms with Crippen LogP contribution in [0.5, 0.6) is 0 Å². The molecule has 6 fully saturated rings. The van der Waals surface area contributed by atoms with Gasteiger partial charge in [-0.05, 0) is 83.0 Å². The zero-order valence-electron chi connectivity index (χ0n) is 21.8. The number of nitrogens with one attached hydrogen (secondary N) is 1. The first kappa shape index (κ1) is 25.8. The number of carbonyl (C=O) groups is 3. The highest BCUT2D eigenvalue weighted by molar-refractivity contribution is 5.83. The minimum absolute atomic E-state index is 0.0390. The van der Waals surface area contributed by atoms with E-state index >= 15 is 0 Å². The Morgan fingerprint density at radius 3 is 2.14 bits per heavy atom. The lowest BCUT2D eigenvalue weighted by Crippen LogP contribution is -2.71. The zero-order chi connectivity index (χ0) is 26.2. The first-order valence-electron chi connectivity index (χ1n) is 13.9. The van der Waals surface area contributed by atoms with Gasteiger partial charge in [-0.1, -0.05) is 0 Å². The van der Waals surface area contributed by atoms with Crippen molar-refractivity contribution in [3.8, 4) is 12.1 Å². The van der Waals surface area contributed by atoms with Crippen LogP contribution in [0, 0.1) is 34.5 Å². The van der Waals surface area contributed by atoms with Crippen LogP contribution < -0.4 is 5.32 Å². The Labute approximate surface area is 218 Å². The number of hydrogen-bond acceptors (Lipinski definition) is 7. The summed E-state index contributed by atoms with van der Waals surface area (Å²) in [5.41, 5.74) is -0.787. The molecule has 3 amide bonds. The molecular formula is C27H38N6O4. The van der Waals surface area contributed by atoms with E-state index in [2.05, 4.69) is 17.5 Å². The average molecular weight is 511 g/mol. The fourth-order valence-corrected chi connectivity index (χ4v) is 8.35. The molecule has 4 bridgehead atoms. The summed E-state index contributed by atoms with van der Waals surface area (Å²) < 4.78 is 5.47. The van der Waals surface area contributed by atoms with Crippen LogP contribution in [0.15, 0.2) is 0 Å². The Morgan fingerprint density at radius 1 is 0.973 bits per heavy atom. The summed E-state index contributed by atoms with van der Waals surface area (Å²) in [6, 6.07) is 3.69. The van der Waals surface area contributed by atoms with Crippen LogP contribution >= 0.6 is 0 Å². The van der Waals surface area contributed by atoms with E-state index in [4.69, 9.17) is 4.74 Å². The van der Waals surface area contributed by atoms with E-state index in [9.17, 15) is 24.9 Å². The van der Waals surface area contributed by atoms with Gasteiger partial charge in [-0.3, -0.25) is 14.5 Å². The highest BCUT2D eigenvalue weighted by Crippen LogP contribution is 2.59. The van der Waals surface area contributed by atoms with Gasteiger partial charge in [0.1, 0.15) is 18.6 Å². The average Bonchev–Trinajstić information content (AvgIpc) is 3.54. The summed E-state index contributed by atoms with van der Waals surface area (Å²) in [6.07, 6.45) is 7.93. The van der Waals surface area contributed by atoms with Gasteiger partial charge in [-0.15, -0.1) is 0 Å². The van der Waals surface area contributed by atoms with Gasteiger partial charge in [0.05, 0.1) is 25.3 Å². The third kappa shape index (κ3) is 4.77. The van der Waals surface area contributed by atoms with Gasteiger partial charge in [-0.2, -0.15) is 10.5 Å². The standard InChI is InChI=1S/C27H38N6O4/c1-2-37-25(36)33(17-24(35)32-8-4-6-22(32)15-29)27-12-19-9-20(13-27)11-26(10-19,18-27)30-16-23(34)31-7-3-5-21(31)14-28/h19-22,30H,2-13,16-18H2,1H3/t19?,20?,21-,22-,26?,27?/m0/s1. The number of nitrogens with zero attached hydrogens (tertiary/aromatic N) is 5. The van der Waals surface area contributed by atoms with E-state index in [1.807, 2.05) is 0 Å². The van der Waals surface area contributed by atoms with Crippen LogP contribution in [0.2, 0.25) is 0 Å². The summed E-state index contributed by atoms with van der Waals surface area (Å²) >= 11 is 0. The van der Waals surface area contributed by atoms with E-state index in [0.29, 0.717) is 37.8 Å². The third-order valence-corrected chi connectivity index (χ3v) is 9.44. The summed E-state index contributed by atoms with van der Waals surface area (Å²) in [5, 5.41) is 22.5. The maximum atomic E-state index is 13.4. The number of carbonyl (C=O) groups excluding carboxylic acids is 3. The Balaban J connectivity index is 1.35. The molecule has 6 rings (SSSR count). The summed E-state index contributed by atoms with van der Waals surface area (Å²) in [5.74, 6) is 0.589. The second-order valence-electron chi connectivity index (χ2n) is 11.9. The molecule has 4 aliphatic carbocycles. The summed E-state index contributed by atoms with van der Waals surface area (Å²) in [7, 11) is 0. The molecule has 37 heavy (non-hydrogen) atoms. The molecule has 1 N–H and O–H groups in total. The number of rotatable bonds is 7. The highest BCUT2D eigenvalue weighted by Gasteiger charge is 2.61. The van der Waals surface area contributed by atoms with Gasteiger partial charge in [0.15, 0.2) is 0 Å². The molecule has 2 unspecified atom stereocenters. The number of hydrogen-bond donors (Lipinski definition) is 1. The minimum atomic E-state index is -0.507. The lowest BCUT2D eigenvalue weighted by atomic mass is 9.49. The fourth-order valence-electron chi connectivity index (χ4n) is 8.35. The lowest BCUT2D eigenvalue weighted by molar-refractivity contribution is -0.141. The summed E-state index contributed by atoms with van der Waals surface area (Å²) in [6.45, 7) is 3.27. The fraction of sp³-hybridized carbons (Fsp3) is 0.815. The van der Waals surface area contributed by atoms with Crippen molar-refractivity contribution in [1.29, 1.82) is 10.5 Å². The maximum Gasteiger partial charge on any atom is 0.410 e. The largest absolute Gasteiger partial charge is 0.450 e. The predicted molar refractivity (Wildman–Crippen MR) is 133 cm³/mol. The first-order chi connectivity index (χ1) is 17.8. The van der Waals surface area contributed by atoms with Crippen molar-refractivity contribution in [2.24, 2.45) is 11.8 Å². The Morgan fingerprint density at radius 2 is 1.57 bits per heavy atom. The third-order valence-electron chi connectivity index (χ3n) is 9.44. The number of ether oxygens (including phenoxy) is 1. The minimum Gasteiger partial charge on any atom is -0.450 e. The Bertz CT molecular complexity index is 1000. The van der Waals surface area contributed by atoms with Gasteiger partial charge in [0, 0.05) is 24.2 Å². The predicted octanol–water partition coefficient (Wildman–Crippen LogP) is 2.16. The first-order valence-corrected chi connectivity index (χ1v) is 13.9. The molecular weight excluding hydrogens is 472 g/mol. The van der Waals surface area contributed by atoms with Crippen LogP contribution in [0.4, 0.5) is 4.79 Å². The molecule has 0 aromatic carbocycles. The van der Waals surface area contributed by atoms with E-state index in [1.165, 1.54) is 0 Å². The van der Waals surface area contributed by atoms with Crippen LogP contribution in [0.25, 0.3) is 0 Å². The zero-order valence-corrected chi connectivity index (χ0v) is 21.8. The van der Waals surface area contributed by atoms with Crippen LogP contribution in [-0.2, 0) is 14.3 Å². The highest BCUT2D eigenvalue weighted by atomic mass is 16.6. The smallest absolute Gasteiger partial charge is 0.410 e. The Hall–Kier alpha value is -2.85. The Kier molecular flexibility index (Phi) is 7.06. The van der Waals surface area contributed by atoms with Gasteiger partial charge in [0.25, 0.3) is 0 Å². The van der Waals surface area contributed by atoms with Crippen molar-refractivity contribution >= 4 is 17.9 Å². The van der Waals surface area contributed by atoms with Gasteiger partial charge in [0.2, 0.25) is 11.8 Å². The number of nitriles is 2. The van der Waals surface area contributed by atoms with E-state index in [0.717, 1.165) is 51.4 Å². The van der Waals surface area contributed by atoms with Crippen molar-refractivity contribution < 1.29 is 19.1 Å². The molecule has 6 aliphatic rings. The van der Waals surface area contributed by atoms with E-state index in [1.54, 1.807) is 21.6 Å². The monoisotopic (exact) mass is 510 g/mol. The van der Waals surface area contributed by atoms with E-state index < -0.39 is 17.7 Å². The molecule has 4 saturated carbocycles. The summed E-state index contributed by atoms with van der Waals surface area (Å²) in [4.78, 5) is 44.7. The molecule has 10 nitrogen and oxygen atoms in total. The van der Waals surface area contributed by atoms with Gasteiger partial charge < -0.3 is 19.9 Å². The van der Waals surface area contributed by atoms with Crippen LogP contribution in [0.3, 0.4) is 0 Å². The van der Waals surface area contributed by atoms with Crippen molar-refractivity contribution in [1.82, 2.24) is 20.0 Å². The molecule has 4 atom stereocenters. The normalized spacial score (nSPS) is 35.8. The van der Waals surface area contributed by atoms with E-state index in [-0.39, 0.29) is 43.1 Å². The molecule has 2 heterocycles. The molecule has 0 aromatic heterocycles. The second kappa shape index (κ2) is 10.1. The van der Waals surface area contributed by atoms with Crippen molar-refractivity contribution in [2.45, 2.75) is 94.3 Å². The van der Waals surface area contributed by atoms with Crippen molar-refractivity contribution in [3.63, 3.8) is 0 Å². The van der Waals surface area contributed by atoms with Gasteiger partial charge in [-0.25, -0.2) is 4.79 Å². The molecule has 2 saturated heterocycles. The number of amides is 3. The maximum absolute atomic E-state index is 13.4. The lowest BCUT2D eigenvalue weighted by Gasteiger charge is -2.64. The second-order valence-corrected chi connectivity index (χ2v) is 11.9. The molecule has 2 aliphatic heterocycles. The molecule has 0 spiro atoms. The topological polar surface area (TPSA) is 130 Å². The molecule has 0 radical (unpaired) electrons. The van der Waals surface area contributed by atoms with Crippen LogP contribution in [0.1, 0.15) is 71.1 Å². The number of likely N-dealkylation sites (tertiary alicyclic amines) is 2. The van der Waals surface area contributed by atoms with Crippen molar-refractivity contribution in [3.05, 3.63) is 0 Å².